The zero-order valence-corrected chi connectivity index (χ0v) is 11.3. The van der Waals surface area contributed by atoms with E-state index in [1.165, 1.54) is 0 Å². The van der Waals surface area contributed by atoms with Gasteiger partial charge in [0.25, 0.3) is 0 Å². The topological polar surface area (TPSA) is 18.5 Å². The minimum Gasteiger partial charge on any atom is -0.497 e. The van der Waals surface area contributed by atoms with Crippen LogP contribution in [0, 0.1) is 0 Å². The van der Waals surface area contributed by atoms with Crippen LogP contribution in [-0.2, 0) is 5.88 Å². The highest BCUT2D eigenvalue weighted by Gasteiger charge is 2.08. The highest BCUT2D eigenvalue weighted by atomic mass is 35.5. The molecule has 0 aliphatic heterocycles. The van der Waals surface area contributed by atoms with E-state index < -0.39 is 0 Å². The van der Waals surface area contributed by atoms with Gasteiger partial charge in [0.1, 0.15) is 17.2 Å². The van der Waals surface area contributed by atoms with Crippen LogP contribution in [0.5, 0.6) is 17.2 Å². The highest BCUT2D eigenvalue weighted by molar-refractivity contribution is 6.32. The quantitative estimate of drug-likeness (QED) is 0.744. The van der Waals surface area contributed by atoms with E-state index >= 15 is 0 Å². The number of rotatable bonds is 4. The first-order chi connectivity index (χ1) is 8.74. The fraction of sp³-hybridized carbons (Fsp3) is 0.143. The van der Waals surface area contributed by atoms with Crippen LogP contribution in [0.1, 0.15) is 5.56 Å². The number of benzene rings is 2. The Morgan fingerprint density at radius 1 is 1.06 bits per heavy atom. The summed E-state index contributed by atoms with van der Waals surface area (Å²) in [5, 5.41) is 0.602. The van der Waals surface area contributed by atoms with Crippen LogP contribution < -0.4 is 9.47 Å². The molecule has 2 nitrogen and oxygen atoms in total. The largest absolute Gasteiger partial charge is 0.497 e. The Bertz CT molecular complexity index is 541. The average molecular weight is 283 g/mol. The third-order valence-electron chi connectivity index (χ3n) is 2.48. The van der Waals surface area contributed by atoms with E-state index in [-0.39, 0.29) is 0 Å². The number of halogens is 2. The summed E-state index contributed by atoms with van der Waals surface area (Å²) in [5.74, 6) is 2.38. The Hall–Kier alpha value is -1.38. The zero-order chi connectivity index (χ0) is 13.0. The van der Waals surface area contributed by atoms with Crippen LogP contribution in [-0.4, -0.2) is 7.11 Å². The molecule has 0 heterocycles. The van der Waals surface area contributed by atoms with E-state index in [9.17, 15) is 0 Å². The second-order valence-corrected chi connectivity index (χ2v) is 4.31. The van der Waals surface area contributed by atoms with Crippen LogP contribution in [0.15, 0.2) is 42.5 Å². The normalized spacial score (nSPS) is 10.2. The summed E-state index contributed by atoms with van der Waals surface area (Å²) in [6.07, 6.45) is 0. The minimum absolute atomic E-state index is 0.305. The Kier molecular flexibility index (Phi) is 4.34. The van der Waals surface area contributed by atoms with Crippen molar-refractivity contribution in [2.75, 3.05) is 7.11 Å². The van der Waals surface area contributed by atoms with Crippen molar-refractivity contribution in [2.24, 2.45) is 0 Å². The molecule has 0 saturated heterocycles. The van der Waals surface area contributed by atoms with E-state index in [1.54, 1.807) is 19.2 Å². The molecular weight excluding hydrogens is 271 g/mol. The molecule has 0 fully saturated rings. The summed E-state index contributed by atoms with van der Waals surface area (Å²) in [6, 6.07) is 12.8. The third kappa shape index (κ3) is 2.89. The Morgan fingerprint density at radius 3 is 2.50 bits per heavy atom. The van der Waals surface area contributed by atoms with Crippen LogP contribution in [0.3, 0.4) is 0 Å². The lowest BCUT2D eigenvalue weighted by molar-refractivity contribution is 0.408. The number of methoxy groups -OCH3 is 1. The highest BCUT2D eigenvalue weighted by Crippen LogP contribution is 2.32. The van der Waals surface area contributed by atoms with Gasteiger partial charge in [0.2, 0.25) is 0 Å². The van der Waals surface area contributed by atoms with Gasteiger partial charge in [0.05, 0.1) is 13.0 Å². The first kappa shape index (κ1) is 13.1. The van der Waals surface area contributed by atoms with Crippen molar-refractivity contribution in [3.8, 4) is 17.2 Å². The minimum atomic E-state index is 0.305. The molecule has 0 N–H and O–H groups in total. The lowest BCUT2D eigenvalue weighted by Crippen LogP contribution is -1.91. The standard InChI is InChI=1S/C14H12Cl2O2/c1-17-10-4-2-5-11(8-10)18-14-7-3-6-13(16)12(14)9-15/h2-8H,9H2,1H3. The van der Waals surface area contributed by atoms with Gasteiger partial charge in [0.15, 0.2) is 0 Å². The summed E-state index contributed by atoms with van der Waals surface area (Å²) in [6.45, 7) is 0. The van der Waals surface area contributed by atoms with Gasteiger partial charge in [-0.25, -0.2) is 0 Å². The third-order valence-corrected chi connectivity index (χ3v) is 3.10. The van der Waals surface area contributed by atoms with Gasteiger partial charge in [0, 0.05) is 16.7 Å². The fourth-order valence-corrected chi connectivity index (χ4v) is 2.13. The molecule has 0 atom stereocenters. The summed E-state index contributed by atoms with van der Waals surface area (Å²) in [4.78, 5) is 0. The van der Waals surface area contributed by atoms with Gasteiger partial charge in [-0.1, -0.05) is 23.7 Å². The smallest absolute Gasteiger partial charge is 0.133 e. The summed E-state index contributed by atoms with van der Waals surface area (Å²) < 4.78 is 10.9. The summed E-state index contributed by atoms with van der Waals surface area (Å²) >= 11 is 11.9. The van der Waals surface area contributed by atoms with Crippen molar-refractivity contribution in [2.45, 2.75) is 5.88 Å². The van der Waals surface area contributed by atoms with Gasteiger partial charge in [-0.15, -0.1) is 11.6 Å². The molecule has 0 amide bonds. The maximum atomic E-state index is 6.07. The van der Waals surface area contributed by atoms with Gasteiger partial charge < -0.3 is 9.47 Å². The van der Waals surface area contributed by atoms with E-state index in [4.69, 9.17) is 32.7 Å². The van der Waals surface area contributed by atoms with Gasteiger partial charge >= 0.3 is 0 Å². The molecule has 2 aromatic carbocycles. The van der Waals surface area contributed by atoms with Crippen molar-refractivity contribution >= 4 is 23.2 Å². The van der Waals surface area contributed by atoms with E-state index in [2.05, 4.69) is 0 Å². The summed E-state index contributed by atoms with van der Waals surface area (Å²) in [5.41, 5.74) is 0.781. The van der Waals surface area contributed by atoms with Crippen molar-refractivity contribution in [3.63, 3.8) is 0 Å². The number of hydrogen-bond acceptors (Lipinski definition) is 2. The van der Waals surface area contributed by atoms with Gasteiger partial charge in [-0.3, -0.25) is 0 Å². The molecule has 0 unspecified atom stereocenters. The van der Waals surface area contributed by atoms with Crippen molar-refractivity contribution in [3.05, 3.63) is 53.1 Å². The van der Waals surface area contributed by atoms with E-state index in [1.807, 2.05) is 30.3 Å². The molecule has 0 spiro atoms. The number of alkyl halides is 1. The molecule has 2 aromatic rings. The van der Waals surface area contributed by atoms with E-state index in [0.717, 1.165) is 11.3 Å². The molecular formula is C14H12Cl2O2. The van der Waals surface area contributed by atoms with Crippen LogP contribution in [0.25, 0.3) is 0 Å². The second-order valence-electron chi connectivity index (χ2n) is 3.63. The number of ether oxygens (including phenoxy) is 2. The van der Waals surface area contributed by atoms with Gasteiger partial charge in [-0.05, 0) is 24.3 Å². The molecule has 4 heteroatoms. The Labute approximate surface area is 116 Å². The molecule has 0 aliphatic rings. The molecule has 0 saturated carbocycles. The first-order valence-electron chi connectivity index (χ1n) is 5.40. The van der Waals surface area contributed by atoms with Crippen LogP contribution in [0.2, 0.25) is 5.02 Å². The van der Waals surface area contributed by atoms with Crippen molar-refractivity contribution in [1.82, 2.24) is 0 Å². The lowest BCUT2D eigenvalue weighted by atomic mass is 10.2. The molecule has 0 aliphatic carbocycles. The Balaban J connectivity index is 2.30. The maximum absolute atomic E-state index is 6.07. The maximum Gasteiger partial charge on any atom is 0.133 e. The molecule has 94 valence electrons. The molecule has 18 heavy (non-hydrogen) atoms. The summed E-state index contributed by atoms with van der Waals surface area (Å²) in [7, 11) is 1.61. The van der Waals surface area contributed by atoms with Crippen LogP contribution >= 0.6 is 23.2 Å². The molecule has 0 radical (unpaired) electrons. The monoisotopic (exact) mass is 282 g/mol. The second kappa shape index (κ2) is 5.98. The van der Waals surface area contributed by atoms with Crippen molar-refractivity contribution < 1.29 is 9.47 Å². The molecule has 0 bridgehead atoms. The van der Waals surface area contributed by atoms with Crippen molar-refractivity contribution in [1.29, 1.82) is 0 Å². The van der Waals surface area contributed by atoms with E-state index in [0.29, 0.717) is 22.4 Å². The molecule has 0 aromatic heterocycles. The SMILES string of the molecule is COc1cccc(Oc2cccc(Cl)c2CCl)c1. The lowest BCUT2D eigenvalue weighted by Gasteiger charge is -2.11. The predicted molar refractivity (Wildman–Crippen MR) is 74.1 cm³/mol. The Morgan fingerprint density at radius 2 is 1.78 bits per heavy atom. The zero-order valence-electron chi connectivity index (χ0n) is 9.82. The average Bonchev–Trinajstić information content (AvgIpc) is 2.39. The van der Waals surface area contributed by atoms with Gasteiger partial charge in [-0.2, -0.15) is 0 Å². The fourth-order valence-electron chi connectivity index (χ4n) is 1.56. The van der Waals surface area contributed by atoms with Crippen LogP contribution in [0.4, 0.5) is 0 Å². The predicted octanol–water partition coefficient (Wildman–Crippen LogP) is 4.88. The molecule has 2 rings (SSSR count). The first-order valence-corrected chi connectivity index (χ1v) is 6.31. The number of hydrogen-bond donors (Lipinski definition) is 0.